The Bertz CT molecular complexity index is 216. The fourth-order valence-electron chi connectivity index (χ4n) is 2.76. The zero-order valence-electron chi connectivity index (χ0n) is 10.4. The average Bonchev–Trinajstić information content (AvgIpc) is 2.17. The van der Waals surface area contributed by atoms with Gasteiger partial charge in [0.15, 0.2) is 0 Å². The van der Waals surface area contributed by atoms with Crippen LogP contribution in [0.1, 0.15) is 46.5 Å². The zero-order valence-corrected chi connectivity index (χ0v) is 10.4. The van der Waals surface area contributed by atoms with Crippen LogP contribution in [-0.4, -0.2) is 36.0 Å². The molecule has 1 fully saturated rings. The van der Waals surface area contributed by atoms with Crippen LogP contribution in [-0.2, 0) is 4.79 Å². The van der Waals surface area contributed by atoms with Gasteiger partial charge in [0.1, 0.15) is 0 Å². The van der Waals surface area contributed by atoms with Gasteiger partial charge in [-0.3, -0.25) is 4.79 Å². The van der Waals surface area contributed by atoms with E-state index in [0.717, 1.165) is 6.42 Å². The first-order valence-electron chi connectivity index (χ1n) is 6.04. The lowest BCUT2D eigenvalue weighted by molar-refractivity contribution is -0.134. The highest BCUT2D eigenvalue weighted by Gasteiger charge is 2.31. The van der Waals surface area contributed by atoms with Crippen LogP contribution in [0.5, 0.6) is 0 Å². The molecule has 2 atom stereocenters. The second-order valence-corrected chi connectivity index (χ2v) is 4.77. The van der Waals surface area contributed by atoms with Crippen molar-refractivity contribution in [1.29, 1.82) is 0 Å². The Labute approximate surface area is 93.2 Å². The van der Waals surface area contributed by atoms with E-state index in [1.54, 1.807) is 6.92 Å². The summed E-state index contributed by atoms with van der Waals surface area (Å²) in [6, 6.07) is 1.17. The lowest BCUT2D eigenvalue weighted by atomic mass is 9.88. The third kappa shape index (κ3) is 2.94. The number of amides is 1. The van der Waals surface area contributed by atoms with E-state index in [2.05, 4.69) is 19.2 Å². The van der Waals surface area contributed by atoms with Gasteiger partial charge < -0.3 is 10.2 Å². The number of rotatable bonds is 3. The largest absolute Gasteiger partial charge is 0.336 e. The van der Waals surface area contributed by atoms with Crippen molar-refractivity contribution in [3.63, 3.8) is 0 Å². The zero-order chi connectivity index (χ0) is 11.4. The lowest BCUT2D eigenvalue weighted by Crippen LogP contribution is -2.54. The topological polar surface area (TPSA) is 32.3 Å². The SMILES string of the molecule is CN[C@@H]1CCCC[C@H]1N(C(C)=O)C(C)C. The van der Waals surface area contributed by atoms with E-state index in [4.69, 9.17) is 0 Å². The van der Waals surface area contributed by atoms with Crippen LogP contribution in [0.2, 0.25) is 0 Å². The van der Waals surface area contributed by atoms with Gasteiger partial charge in [-0.15, -0.1) is 0 Å². The fourth-order valence-corrected chi connectivity index (χ4v) is 2.76. The molecule has 1 saturated carbocycles. The fraction of sp³-hybridized carbons (Fsp3) is 0.917. The van der Waals surface area contributed by atoms with Crippen molar-refractivity contribution in [2.24, 2.45) is 0 Å². The summed E-state index contributed by atoms with van der Waals surface area (Å²) in [5, 5.41) is 3.35. The standard InChI is InChI=1S/C12H24N2O/c1-9(2)14(10(3)15)12-8-6-5-7-11(12)13-4/h9,11-13H,5-8H2,1-4H3/t11-,12-/m1/s1. The number of nitrogens with zero attached hydrogens (tertiary/aromatic N) is 1. The van der Waals surface area contributed by atoms with Crippen molar-refractivity contribution in [3.05, 3.63) is 0 Å². The maximum atomic E-state index is 11.6. The molecule has 0 heterocycles. The molecule has 1 N–H and O–H groups in total. The van der Waals surface area contributed by atoms with Crippen LogP contribution in [0, 0.1) is 0 Å². The summed E-state index contributed by atoms with van der Waals surface area (Å²) in [5.74, 6) is 0.206. The Balaban J connectivity index is 2.75. The van der Waals surface area contributed by atoms with Crippen LogP contribution in [0.15, 0.2) is 0 Å². The van der Waals surface area contributed by atoms with E-state index in [0.29, 0.717) is 18.1 Å². The molecular formula is C12H24N2O. The summed E-state index contributed by atoms with van der Waals surface area (Å²) in [5.41, 5.74) is 0. The predicted molar refractivity (Wildman–Crippen MR) is 62.8 cm³/mol. The van der Waals surface area contributed by atoms with Crippen molar-refractivity contribution in [3.8, 4) is 0 Å². The van der Waals surface area contributed by atoms with Crippen molar-refractivity contribution in [1.82, 2.24) is 10.2 Å². The molecule has 1 rings (SSSR count). The second-order valence-electron chi connectivity index (χ2n) is 4.77. The molecule has 0 aromatic carbocycles. The molecule has 0 saturated heterocycles. The Morgan fingerprint density at radius 2 is 1.93 bits per heavy atom. The highest BCUT2D eigenvalue weighted by molar-refractivity contribution is 5.74. The van der Waals surface area contributed by atoms with E-state index in [1.165, 1.54) is 19.3 Å². The maximum Gasteiger partial charge on any atom is 0.219 e. The Morgan fingerprint density at radius 3 is 2.40 bits per heavy atom. The third-order valence-corrected chi connectivity index (χ3v) is 3.38. The molecule has 0 bridgehead atoms. The summed E-state index contributed by atoms with van der Waals surface area (Å²) in [7, 11) is 2.00. The predicted octanol–water partition coefficient (Wildman–Crippen LogP) is 1.77. The molecule has 0 aromatic rings. The number of carbonyl (C=O) groups excluding carboxylic acids is 1. The first-order chi connectivity index (χ1) is 7.07. The van der Waals surface area contributed by atoms with Gasteiger partial charge in [-0.2, -0.15) is 0 Å². The van der Waals surface area contributed by atoms with E-state index >= 15 is 0 Å². The van der Waals surface area contributed by atoms with Crippen molar-refractivity contribution in [2.75, 3.05) is 7.05 Å². The summed E-state index contributed by atoms with van der Waals surface area (Å²) >= 11 is 0. The van der Waals surface area contributed by atoms with Gasteiger partial charge in [0.25, 0.3) is 0 Å². The number of hydrogen-bond donors (Lipinski definition) is 1. The van der Waals surface area contributed by atoms with Gasteiger partial charge in [0.2, 0.25) is 5.91 Å². The normalized spacial score (nSPS) is 26.7. The van der Waals surface area contributed by atoms with E-state index in [-0.39, 0.29) is 5.91 Å². The van der Waals surface area contributed by atoms with Gasteiger partial charge >= 0.3 is 0 Å². The van der Waals surface area contributed by atoms with Crippen molar-refractivity contribution in [2.45, 2.75) is 64.6 Å². The van der Waals surface area contributed by atoms with Crippen LogP contribution in [0.3, 0.4) is 0 Å². The smallest absolute Gasteiger partial charge is 0.219 e. The lowest BCUT2D eigenvalue weighted by Gasteiger charge is -2.41. The first-order valence-corrected chi connectivity index (χ1v) is 6.04. The molecule has 1 amide bonds. The van der Waals surface area contributed by atoms with Gasteiger partial charge in [0.05, 0.1) is 0 Å². The Hall–Kier alpha value is -0.570. The number of likely N-dealkylation sites (N-methyl/N-ethyl adjacent to an activating group) is 1. The van der Waals surface area contributed by atoms with Gasteiger partial charge in [-0.25, -0.2) is 0 Å². The van der Waals surface area contributed by atoms with Crippen molar-refractivity contribution >= 4 is 5.91 Å². The van der Waals surface area contributed by atoms with Gasteiger partial charge in [-0.05, 0) is 33.7 Å². The van der Waals surface area contributed by atoms with E-state index in [9.17, 15) is 4.79 Å². The summed E-state index contributed by atoms with van der Waals surface area (Å²) < 4.78 is 0. The number of nitrogens with one attached hydrogen (secondary N) is 1. The quantitative estimate of drug-likeness (QED) is 0.773. The molecule has 88 valence electrons. The second kappa shape index (κ2) is 5.50. The minimum atomic E-state index is 0.206. The molecule has 15 heavy (non-hydrogen) atoms. The first kappa shape index (κ1) is 12.5. The molecule has 0 aromatic heterocycles. The molecule has 3 nitrogen and oxygen atoms in total. The van der Waals surface area contributed by atoms with Crippen LogP contribution < -0.4 is 5.32 Å². The van der Waals surface area contributed by atoms with Crippen LogP contribution in [0.25, 0.3) is 0 Å². The maximum absolute atomic E-state index is 11.6. The minimum absolute atomic E-state index is 0.206. The molecule has 1 aliphatic rings. The van der Waals surface area contributed by atoms with Gasteiger partial charge in [-0.1, -0.05) is 12.8 Å². The minimum Gasteiger partial charge on any atom is -0.336 e. The Kier molecular flexibility index (Phi) is 4.58. The molecule has 0 radical (unpaired) electrons. The van der Waals surface area contributed by atoms with Crippen molar-refractivity contribution < 1.29 is 4.79 Å². The Morgan fingerprint density at radius 1 is 1.33 bits per heavy atom. The number of carbonyl (C=O) groups is 1. The highest BCUT2D eigenvalue weighted by atomic mass is 16.2. The summed E-state index contributed by atoms with van der Waals surface area (Å²) in [4.78, 5) is 13.7. The molecule has 3 heteroatoms. The van der Waals surface area contributed by atoms with Crippen LogP contribution >= 0.6 is 0 Å². The summed E-state index contributed by atoms with van der Waals surface area (Å²) in [6.45, 7) is 5.88. The molecule has 0 spiro atoms. The van der Waals surface area contributed by atoms with Gasteiger partial charge in [0, 0.05) is 25.0 Å². The summed E-state index contributed by atoms with van der Waals surface area (Å²) in [6.07, 6.45) is 4.87. The van der Waals surface area contributed by atoms with E-state index < -0.39 is 0 Å². The molecule has 0 aliphatic heterocycles. The molecular weight excluding hydrogens is 188 g/mol. The number of hydrogen-bond acceptors (Lipinski definition) is 2. The van der Waals surface area contributed by atoms with Crippen LogP contribution in [0.4, 0.5) is 0 Å². The average molecular weight is 212 g/mol. The molecule has 1 aliphatic carbocycles. The molecule has 0 unspecified atom stereocenters. The highest BCUT2D eigenvalue weighted by Crippen LogP contribution is 2.24. The monoisotopic (exact) mass is 212 g/mol. The van der Waals surface area contributed by atoms with E-state index in [1.807, 2.05) is 11.9 Å². The third-order valence-electron chi connectivity index (χ3n) is 3.38.